The minimum Gasteiger partial charge on any atom is -0.338 e. The van der Waals surface area contributed by atoms with Crippen LogP contribution in [0.15, 0.2) is 6.07 Å². The summed E-state index contributed by atoms with van der Waals surface area (Å²) in [6, 6.07) is 2.09. The molecule has 14 heavy (non-hydrogen) atoms. The molecule has 0 radical (unpaired) electrons. The van der Waals surface area contributed by atoms with Crippen molar-refractivity contribution in [3.05, 3.63) is 21.4 Å². The van der Waals surface area contributed by atoms with Gasteiger partial charge in [0, 0.05) is 18.0 Å². The Bertz CT molecular complexity index is 350. The summed E-state index contributed by atoms with van der Waals surface area (Å²) in [5.41, 5.74) is 1.13. The maximum Gasteiger partial charge on any atom is 0.264 e. The fourth-order valence-corrected chi connectivity index (χ4v) is 2.91. The van der Waals surface area contributed by atoms with Crippen LogP contribution in [0, 0.1) is 13.8 Å². The molecule has 0 aromatic carbocycles. The summed E-state index contributed by atoms with van der Waals surface area (Å²) >= 11 is 1.62. The zero-order chi connectivity index (χ0) is 10.1. The number of hydrogen-bond donors (Lipinski definition) is 0. The second-order valence-electron chi connectivity index (χ2n) is 3.87. The number of rotatable bonds is 1. The van der Waals surface area contributed by atoms with Gasteiger partial charge < -0.3 is 4.90 Å². The van der Waals surface area contributed by atoms with E-state index in [1.165, 1.54) is 4.88 Å². The van der Waals surface area contributed by atoms with E-state index in [2.05, 4.69) is 13.0 Å². The first kappa shape index (κ1) is 9.71. The molecular weight excluding hydrogens is 194 g/mol. The monoisotopic (exact) mass is 209 g/mol. The molecule has 1 aliphatic heterocycles. The quantitative estimate of drug-likeness (QED) is 0.696. The lowest BCUT2D eigenvalue weighted by atomic mass is 10.2. The van der Waals surface area contributed by atoms with Gasteiger partial charge >= 0.3 is 0 Å². The number of amides is 1. The van der Waals surface area contributed by atoms with Gasteiger partial charge in [0.05, 0.1) is 4.88 Å². The number of likely N-dealkylation sites (tertiary alicyclic amines) is 1. The van der Waals surface area contributed by atoms with Gasteiger partial charge in [-0.25, -0.2) is 0 Å². The van der Waals surface area contributed by atoms with Gasteiger partial charge in [0.2, 0.25) is 0 Å². The standard InChI is InChI=1S/C11H15NOS/c1-8-7-9(2)14-10(8)11(13)12-5-3-4-6-12/h7H,3-6H2,1-2H3. The van der Waals surface area contributed by atoms with Gasteiger partial charge in [-0.3, -0.25) is 4.79 Å². The molecule has 1 amide bonds. The van der Waals surface area contributed by atoms with Gasteiger partial charge in [0.25, 0.3) is 5.91 Å². The van der Waals surface area contributed by atoms with E-state index in [0.29, 0.717) is 0 Å². The van der Waals surface area contributed by atoms with Crippen LogP contribution in [0.25, 0.3) is 0 Å². The Morgan fingerprint density at radius 2 is 2.00 bits per heavy atom. The molecule has 0 N–H and O–H groups in total. The van der Waals surface area contributed by atoms with Crippen LogP contribution >= 0.6 is 11.3 Å². The van der Waals surface area contributed by atoms with Crippen molar-refractivity contribution in [2.75, 3.05) is 13.1 Å². The lowest BCUT2D eigenvalue weighted by Crippen LogP contribution is -2.27. The van der Waals surface area contributed by atoms with E-state index < -0.39 is 0 Å². The van der Waals surface area contributed by atoms with Crippen LogP contribution in [0.2, 0.25) is 0 Å². The third kappa shape index (κ3) is 1.69. The lowest BCUT2D eigenvalue weighted by Gasteiger charge is -2.14. The van der Waals surface area contributed by atoms with Crippen molar-refractivity contribution in [3.63, 3.8) is 0 Å². The van der Waals surface area contributed by atoms with Gasteiger partial charge in [-0.05, 0) is 38.3 Å². The summed E-state index contributed by atoms with van der Waals surface area (Å²) in [4.78, 5) is 16.1. The summed E-state index contributed by atoms with van der Waals surface area (Å²) in [6.45, 7) is 5.95. The van der Waals surface area contributed by atoms with E-state index in [0.717, 1.165) is 36.4 Å². The largest absolute Gasteiger partial charge is 0.338 e. The molecule has 0 unspecified atom stereocenters. The molecule has 2 rings (SSSR count). The Labute approximate surface area is 88.5 Å². The van der Waals surface area contributed by atoms with E-state index in [4.69, 9.17) is 0 Å². The van der Waals surface area contributed by atoms with Crippen LogP contribution in [-0.4, -0.2) is 23.9 Å². The number of carbonyl (C=O) groups is 1. The van der Waals surface area contributed by atoms with Crippen molar-refractivity contribution in [3.8, 4) is 0 Å². The molecule has 1 aromatic heterocycles. The first-order chi connectivity index (χ1) is 6.68. The third-order valence-electron chi connectivity index (χ3n) is 2.63. The molecule has 0 atom stereocenters. The van der Waals surface area contributed by atoms with E-state index in [9.17, 15) is 4.79 Å². The number of aryl methyl sites for hydroxylation is 2. The van der Waals surface area contributed by atoms with Crippen molar-refractivity contribution in [1.29, 1.82) is 0 Å². The van der Waals surface area contributed by atoms with E-state index in [1.807, 2.05) is 11.8 Å². The second-order valence-corrected chi connectivity index (χ2v) is 5.12. The van der Waals surface area contributed by atoms with Crippen molar-refractivity contribution >= 4 is 17.2 Å². The van der Waals surface area contributed by atoms with Crippen LogP contribution in [0.4, 0.5) is 0 Å². The summed E-state index contributed by atoms with van der Waals surface area (Å²) in [7, 11) is 0. The van der Waals surface area contributed by atoms with Gasteiger partial charge in [0.1, 0.15) is 0 Å². The lowest BCUT2D eigenvalue weighted by molar-refractivity contribution is 0.0797. The predicted molar refractivity (Wildman–Crippen MR) is 58.9 cm³/mol. The Kier molecular flexibility index (Phi) is 2.59. The van der Waals surface area contributed by atoms with Crippen molar-refractivity contribution < 1.29 is 4.79 Å². The number of thiophene rings is 1. The molecule has 1 aliphatic rings. The average molecular weight is 209 g/mol. The third-order valence-corrected chi connectivity index (χ3v) is 3.77. The molecule has 1 fully saturated rings. The molecule has 1 aromatic rings. The topological polar surface area (TPSA) is 20.3 Å². The Balaban J connectivity index is 2.21. The molecule has 76 valence electrons. The molecule has 0 saturated carbocycles. The molecule has 2 nitrogen and oxygen atoms in total. The molecule has 0 spiro atoms. The maximum absolute atomic E-state index is 12.0. The van der Waals surface area contributed by atoms with E-state index >= 15 is 0 Å². The number of hydrogen-bond acceptors (Lipinski definition) is 2. The smallest absolute Gasteiger partial charge is 0.264 e. The first-order valence-corrected chi connectivity index (χ1v) is 5.86. The number of carbonyl (C=O) groups excluding carboxylic acids is 1. The van der Waals surface area contributed by atoms with Crippen molar-refractivity contribution in [2.24, 2.45) is 0 Å². The van der Waals surface area contributed by atoms with Crippen LogP contribution in [-0.2, 0) is 0 Å². The minimum atomic E-state index is 0.234. The highest BCUT2D eigenvalue weighted by Crippen LogP contribution is 2.24. The summed E-state index contributed by atoms with van der Waals surface area (Å²) in [6.07, 6.45) is 2.32. The van der Waals surface area contributed by atoms with Crippen molar-refractivity contribution in [1.82, 2.24) is 4.90 Å². The summed E-state index contributed by atoms with van der Waals surface area (Å²) in [5.74, 6) is 0.234. The highest BCUT2D eigenvalue weighted by molar-refractivity contribution is 7.14. The fourth-order valence-electron chi connectivity index (χ4n) is 1.92. The number of nitrogens with zero attached hydrogens (tertiary/aromatic N) is 1. The second kappa shape index (κ2) is 3.73. The molecule has 3 heteroatoms. The molecule has 1 saturated heterocycles. The molecule has 0 aliphatic carbocycles. The summed E-state index contributed by atoms with van der Waals surface area (Å²) in [5, 5.41) is 0. The normalized spacial score (nSPS) is 16.3. The maximum atomic E-state index is 12.0. The van der Waals surface area contributed by atoms with Crippen LogP contribution in [0.5, 0.6) is 0 Å². The Morgan fingerprint density at radius 1 is 1.36 bits per heavy atom. The molecule has 0 bridgehead atoms. The van der Waals surface area contributed by atoms with Crippen molar-refractivity contribution in [2.45, 2.75) is 26.7 Å². The first-order valence-electron chi connectivity index (χ1n) is 5.05. The van der Waals surface area contributed by atoms with Gasteiger partial charge in [-0.2, -0.15) is 0 Å². The summed E-state index contributed by atoms with van der Waals surface area (Å²) < 4.78 is 0. The zero-order valence-electron chi connectivity index (χ0n) is 8.67. The van der Waals surface area contributed by atoms with Gasteiger partial charge in [-0.1, -0.05) is 0 Å². The molecular formula is C11H15NOS. The van der Waals surface area contributed by atoms with Gasteiger partial charge in [0.15, 0.2) is 0 Å². The highest BCUT2D eigenvalue weighted by Gasteiger charge is 2.22. The molecule has 2 heterocycles. The minimum absolute atomic E-state index is 0.234. The van der Waals surface area contributed by atoms with E-state index in [1.54, 1.807) is 11.3 Å². The van der Waals surface area contributed by atoms with Crippen LogP contribution < -0.4 is 0 Å². The Hall–Kier alpha value is -0.830. The average Bonchev–Trinajstić information content (AvgIpc) is 2.73. The predicted octanol–water partition coefficient (Wildman–Crippen LogP) is 2.60. The van der Waals surface area contributed by atoms with E-state index in [-0.39, 0.29) is 5.91 Å². The Morgan fingerprint density at radius 3 is 2.50 bits per heavy atom. The van der Waals surface area contributed by atoms with Crippen LogP contribution in [0.3, 0.4) is 0 Å². The fraction of sp³-hybridized carbons (Fsp3) is 0.545. The zero-order valence-corrected chi connectivity index (χ0v) is 9.49. The van der Waals surface area contributed by atoms with Gasteiger partial charge in [-0.15, -0.1) is 11.3 Å². The van der Waals surface area contributed by atoms with Crippen LogP contribution in [0.1, 0.15) is 33.0 Å². The highest BCUT2D eigenvalue weighted by atomic mass is 32.1. The SMILES string of the molecule is Cc1cc(C)c(C(=O)N2CCCC2)s1.